The van der Waals surface area contributed by atoms with Gasteiger partial charge in [-0.1, -0.05) is 36.4 Å². The molecule has 22 heavy (non-hydrogen) atoms. The fourth-order valence-electron chi connectivity index (χ4n) is 2.27. The summed E-state index contributed by atoms with van der Waals surface area (Å²) in [6.45, 7) is 0. The molecule has 0 aliphatic carbocycles. The van der Waals surface area contributed by atoms with Crippen molar-refractivity contribution in [3.63, 3.8) is 0 Å². The lowest BCUT2D eigenvalue weighted by Gasteiger charge is -2.28. The van der Waals surface area contributed by atoms with Gasteiger partial charge in [-0.25, -0.2) is 0 Å². The topological polar surface area (TPSA) is 117 Å². The second-order valence-corrected chi connectivity index (χ2v) is 4.62. The molecular weight excluding hydrogens is 286 g/mol. The Hall–Kier alpha value is -2.63. The summed E-state index contributed by atoms with van der Waals surface area (Å²) in [7, 11) is 0. The van der Waals surface area contributed by atoms with Crippen molar-refractivity contribution in [2.45, 2.75) is 12.3 Å². The Labute approximate surface area is 126 Å². The highest BCUT2D eigenvalue weighted by atomic mass is 16.8. The largest absolute Gasteiger partial charge is 0.733 e. The third-order valence-electron chi connectivity index (χ3n) is 3.30. The molecule has 1 atom stereocenters. The van der Waals surface area contributed by atoms with Gasteiger partial charge in [0.15, 0.2) is 0 Å². The van der Waals surface area contributed by atoms with Crippen LogP contribution in [0.25, 0.3) is 0 Å². The molecule has 0 spiro atoms. The molecule has 2 aromatic carbocycles. The first-order valence-electron chi connectivity index (χ1n) is 6.43. The summed E-state index contributed by atoms with van der Waals surface area (Å²) >= 11 is 0. The Kier molecular flexibility index (Phi) is 4.93. The molecule has 0 saturated heterocycles. The van der Waals surface area contributed by atoms with Gasteiger partial charge in [0.2, 0.25) is 0 Å². The van der Waals surface area contributed by atoms with Crippen LogP contribution in [0.3, 0.4) is 0 Å². The van der Waals surface area contributed by atoms with Gasteiger partial charge < -0.3 is 20.9 Å². The number of anilines is 2. The summed E-state index contributed by atoms with van der Waals surface area (Å²) in [6.07, 6.45) is 0.108. The van der Waals surface area contributed by atoms with Gasteiger partial charge in [0, 0.05) is 0 Å². The monoisotopic (exact) mass is 299 g/mol. The molecule has 0 aromatic heterocycles. The highest BCUT2D eigenvalue weighted by molar-refractivity contribution is 5.57. The van der Waals surface area contributed by atoms with E-state index in [9.17, 15) is 15.7 Å². The van der Waals surface area contributed by atoms with Crippen molar-refractivity contribution < 1.29 is 10.4 Å². The Morgan fingerprint density at radius 2 is 1.50 bits per heavy atom. The highest BCUT2D eigenvalue weighted by Gasteiger charge is 2.17. The summed E-state index contributed by atoms with van der Waals surface area (Å²) in [5.74, 6) is -0.763. The highest BCUT2D eigenvalue weighted by Crippen LogP contribution is 2.31. The van der Waals surface area contributed by atoms with Gasteiger partial charge in [0.05, 0.1) is 23.4 Å². The van der Waals surface area contributed by atoms with Crippen molar-refractivity contribution in [1.82, 2.24) is 0 Å². The molecule has 7 heteroatoms. The lowest BCUT2D eigenvalue weighted by atomic mass is 9.91. The summed E-state index contributed by atoms with van der Waals surface area (Å²) < 4.78 is 0. The maximum Gasteiger partial charge on any atom is 0.0774 e. The van der Waals surface area contributed by atoms with Crippen LogP contribution in [0.5, 0.6) is 0 Å². The maximum atomic E-state index is 11.2. The van der Waals surface area contributed by atoms with E-state index in [1.165, 1.54) is 12.1 Å². The molecule has 2 N–H and O–H groups in total. The normalized spacial score (nSPS) is 11.6. The van der Waals surface area contributed by atoms with Crippen molar-refractivity contribution >= 4 is 11.4 Å². The maximum absolute atomic E-state index is 11.2. The zero-order valence-electron chi connectivity index (χ0n) is 11.5. The molecule has 0 fully saturated rings. The molecule has 0 radical (unpaired) electrons. The number of benzene rings is 2. The van der Waals surface area contributed by atoms with Crippen LogP contribution in [0.1, 0.15) is 17.0 Å². The average molecular weight is 299 g/mol. The van der Waals surface area contributed by atoms with Crippen molar-refractivity contribution in [2.75, 3.05) is 10.5 Å². The second-order valence-electron chi connectivity index (χ2n) is 4.62. The third-order valence-corrected chi connectivity index (χ3v) is 3.30. The van der Waals surface area contributed by atoms with Gasteiger partial charge in [-0.15, -0.1) is 0 Å². The SMILES string of the molecule is N#C[C@@H](Cc1ccccc1N([O-])O)c1ccccc1N([O-])O. The summed E-state index contributed by atoms with van der Waals surface area (Å²) in [5.41, 5.74) is 0.794. The van der Waals surface area contributed by atoms with Crippen LogP contribution in [0.15, 0.2) is 48.5 Å². The molecule has 0 saturated carbocycles. The van der Waals surface area contributed by atoms with Gasteiger partial charge in [-0.05, 0) is 29.7 Å². The number of hydrogen-bond donors (Lipinski definition) is 2. The van der Waals surface area contributed by atoms with Gasteiger partial charge in [-0.2, -0.15) is 5.26 Å². The van der Waals surface area contributed by atoms with Crippen molar-refractivity contribution in [2.24, 2.45) is 0 Å². The Bertz CT molecular complexity index is 682. The molecule has 0 heterocycles. The average Bonchev–Trinajstić information content (AvgIpc) is 2.52. The first-order valence-corrected chi connectivity index (χ1v) is 6.43. The molecule has 0 bridgehead atoms. The first-order chi connectivity index (χ1) is 10.5. The standard InChI is InChI=1S/C15H13N3O4/c16-10-12(13-6-2-4-8-15(13)18(21)22)9-11-5-1-3-7-14(11)17(19)20/h1-8,12,19,21H,9H2/q-2/t12-/m1/s1. The third kappa shape index (κ3) is 3.33. The van der Waals surface area contributed by atoms with Crippen LogP contribution in [-0.2, 0) is 6.42 Å². The fourth-order valence-corrected chi connectivity index (χ4v) is 2.27. The zero-order valence-corrected chi connectivity index (χ0v) is 11.5. The summed E-state index contributed by atoms with van der Waals surface area (Å²) in [6, 6.07) is 14.5. The molecule has 0 unspecified atom stereocenters. The van der Waals surface area contributed by atoms with Crippen molar-refractivity contribution in [1.29, 1.82) is 5.26 Å². The fraction of sp³-hybridized carbons (Fsp3) is 0.133. The minimum atomic E-state index is -0.763. The van der Waals surface area contributed by atoms with E-state index in [2.05, 4.69) is 0 Å². The van der Waals surface area contributed by atoms with Gasteiger partial charge in [0.25, 0.3) is 0 Å². The number of para-hydroxylation sites is 2. The van der Waals surface area contributed by atoms with E-state index in [4.69, 9.17) is 10.4 Å². The Balaban J connectivity index is 2.38. The van der Waals surface area contributed by atoms with Crippen LogP contribution in [0.2, 0.25) is 0 Å². The first kappa shape index (κ1) is 15.8. The molecule has 2 rings (SSSR count). The molecule has 2 aromatic rings. The van der Waals surface area contributed by atoms with Crippen LogP contribution < -0.4 is 10.5 Å². The molecule has 0 aliphatic heterocycles. The molecule has 0 aliphatic rings. The lowest BCUT2D eigenvalue weighted by Crippen LogP contribution is -2.14. The van der Waals surface area contributed by atoms with Gasteiger partial charge >= 0.3 is 0 Å². The predicted molar refractivity (Wildman–Crippen MR) is 80.2 cm³/mol. The minimum absolute atomic E-state index is 0.0307. The van der Waals surface area contributed by atoms with E-state index >= 15 is 0 Å². The number of nitriles is 1. The Morgan fingerprint density at radius 1 is 0.955 bits per heavy atom. The minimum Gasteiger partial charge on any atom is -0.733 e. The van der Waals surface area contributed by atoms with E-state index in [1.807, 2.05) is 6.07 Å². The summed E-state index contributed by atoms with van der Waals surface area (Å²) in [5, 5.41) is 49.4. The van der Waals surface area contributed by atoms with E-state index in [0.717, 1.165) is 0 Å². The second kappa shape index (κ2) is 6.89. The lowest BCUT2D eigenvalue weighted by molar-refractivity contribution is 0.294. The van der Waals surface area contributed by atoms with Crippen LogP contribution in [0, 0.1) is 21.7 Å². The molecule has 114 valence electrons. The van der Waals surface area contributed by atoms with E-state index in [-0.39, 0.29) is 28.2 Å². The smallest absolute Gasteiger partial charge is 0.0774 e. The van der Waals surface area contributed by atoms with Crippen LogP contribution in [-0.4, -0.2) is 10.4 Å². The van der Waals surface area contributed by atoms with E-state index < -0.39 is 5.92 Å². The molecule has 7 nitrogen and oxygen atoms in total. The Morgan fingerprint density at radius 3 is 2.09 bits per heavy atom. The van der Waals surface area contributed by atoms with Crippen molar-refractivity contribution in [3.8, 4) is 6.07 Å². The number of nitrogens with zero attached hydrogens (tertiary/aromatic N) is 3. The van der Waals surface area contributed by atoms with Gasteiger partial charge in [0.1, 0.15) is 0 Å². The zero-order chi connectivity index (χ0) is 16.1. The number of rotatable bonds is 5. The molecule has 0 amide bonds. The van der Waals surface area contributed by atoms with Crippen LogP contribution in [0.4, 0.5) is 11.4 Å². The molecular formula is C15H13N3O4-2. The van der Waals surface area contributed by atoms with Crippen LogP contribution >= 0.6 is 0 Å². The number of hydrogen-bond acceptors (Lipinski definition) is 7. The van der Waals surface area contributed by atoms with E-state index in [1.54, 1.807) is 36.4 Å². The predicted octanol–water partition coefficient (Wildman–Crippen LogP) is 2.92. The quantitative estimate of drug-likeness (QED) is 0.815. The van der Waals surface area contributed by atoms with Crippen molar-refractivity contribution in [3.05, 3.63) is 70.1 Å². The van der Waals surface area contributed by atoms with E-state index in [0.29, 0.717) is 11.1 Å². The summed E-state index contributed by atoms with van der Waals surface area (Å²) in [4.78, 5) is 0. The van der Waals surface area contributed by atoms with Gasteiger partial charge in [-0.3, -0.25) is 10.4 Å².